The van der Waals surface area contributed by atoms with Gasteiger partial charge in [-0.05, 0) is 36.2 Å². The molecule has 0 saturated carbocycles. The van der Waals surface area contributed by atoms with Crippen molar-refractivity contribution in [3.8, 4) is 11.5 Å². The molecule has 2 N–H and O–H groups in total. The van der Waals surface area contributed by atoms with Gasteiger partial charge in [-0.3, -0.25) is 0 Å². The zero-order valence-electron chi connectivity index (χ0n) is 13.5. The van der Waals surface area contributed by atoms with Crippen LogP contribution in [-0.2, 0) is 6.54 Å². The monoisotopic (exact) mass is 314 g/mol. The first-order chi connectivity index (χ1) is 11.2. The number of rotatable bonds is 7. The number of hydrogen-bond acceptors (Lipinski definition) is 3. The van der Waals surface area contributed by atoms with Gasteiger partial charge in [0.15, 0.2) is 0 Å². The van der Waals surface area contributed by atoms with Gasteiger partial charge < -0.3 is 20.1 Å². The van der Waals surface area contributed by atoms with Gasteiger partial charge >= 0.3 is 6.03 Å². The van der Waals surface area contributed by atoms with Crippen LogP contribution in [-0.4, -0.2) is 19.7 Å². The number of amides is 2. The van der Waals surface area contributed by atoms with E-state index in [4.69, 9.17) is 9.47 Å². The Morgan fingerprint density at radius 2 is 1.83 bits per heavy atom. The number of hydrogen-bond donors (Lipinski definition) is 2. The van der Waals surface area contributed by atoms with E-state index in [-0.39, 0.29) is 6.03 Å². The molecule has 0 aliphatic rings. The quantitative estimate of drug-likeness (QED) is 0.817. The summed E-state index contributed by atoms with van der Waals surface area (Å²) in [6, 6.07) is 14.7. The molecule has 0 saturated heterocycles. The highest BCUT2D eigenvalue weighted by Gasteiger charge is 2.06. The zero-order valence-corrected chi connectivity index (χ0v) is 13.5. The Balaban J connectivity index is 1.84. The van der Waals surface area contributed by atoms with Crippen molar-refractivity contribution in [1.29, 1.82) is 0 Å². The Bertz CT molecular complexity index is 626. The molecule has 2 rings (SSSR count). The summed E-state index contributed by atoms with van der Waals surface area (Å²) in [4.78, 5) is 12.0. The lowest BCUT2D eigenvalue weighted by Gasteiger charge is -2.11. The molecule has 0 atom stereocenters. The van der Waals surface area contributed by atoms with Crippen LogP contribution in [0.25, 0.3) is 0 Å². The van der Waals surface area contributed by atoms with Crippen molar-refractivity contribution in [2.24, 2.45) is 0 Å². The lowest BCUT2D eigenvalue weighted by atomic mass is 10.2. The van der Waals surface area contributed by atoms with Crippen LogP contribution in [0.4, 0.5) is 10.5 Å². The van der Waals surface area contributed by atoms with Gasteiger partial charge in [0.1, 0.15) is 11.5 Å². The van der Waals surface area contributed by atoms with E-state index in [2.05, 4.69) is 17.6 Å². The summed E-state index contributed by atoms with van der Waals surface area (Å²) in [5, 5.41) is 5.59. The standard InChI is InChI=1S/C18H22N2O3/c1-3-12-23-15-10-8-14(9-11-15)13-19-18(21)20-16-6-4-5-7-17(16)22-2/h4-11H,3,12-13H2,1-2H3,(H2,19,20,21). The van der Waals surface area contributed by atoms with E-state index in [1.54, 1.807) is 19.2 Å². The largest absolute Gasteiger partial charge is 0.495 e. The molecule has 0 aliphatic carbocycles. The van der Waals surface area contributed by atoms with Crippen molar-refractivity contribution in [2.75, 3.05) is 19.0 Å². The molecule has 2 aromatic rings. The molecule has 5 heteroatoms. The Kier molecular flexibility index (Phi) is 6.29. The van der Waals surface area contributed by atoms with Crippen LogP contribution in [0.1, 0.15) is 18.9 Å². The first-order valence-electron chi connectivity index (χ1n) is 7.62. The average Bonchev–Trinajstić information content (AvgIpc) is 2.59. The number of urea groups is 1. The Morgan fingerprint density at radius 1 is 1.09 bits per heavy atom. The van der Waals surface area contributed by atoms with E-state index in [0.717, 1.165) is 17.7 Å². The zero-order chi connectivity index (χ0) is 16.5. The van der Waals surface area contributed by atoms with Crippen molar-refractivity contribution < 1.29 is 14.3 Å². The van der Waals surface area contributed by atoms with Crippen molar-refractivity contribution in [3.05, 3.63) is 54.1 Å². The van der Waals surface area contributed by atoms with E-state index in [9.17, 15) is 4.79 Å². The number of anilines is 1. The maximum Gasteiger partial charge on any atom is 0.319 e. The molecular formula is C18H22N2O3. The molecule has 0 aliphatic heterocycles. The highest BCUT2D eigenvalue weighted by molar-refractivity contribution is 5.90. The predicted molar refractivity (Wildman–Crippen MR) is 91.1 cm³/mol. The fourth-order valence-corrected chi connectivity index (χ4v) is 2.02. The Hall–Kier alpha value is -2.69. The van der Waals surface area contributed by atoms with Gasteiger partial charge in [0.2, 0.25) is 0 Å². The van der Waals surface area contributed by atoms with Gasteiger partial charge in [0.25, 0.3) is 0 Å². The minimum Gasteiger partial charge on any atom is -0.495 e. The third kappa shape index (κ3) is 5.21. The van der Waals surface area contributed by atoms with Crippen molar-refractivity contribution >= 4 is 11.7 Å². The summed E-state index contributed by atoms with van der Waals surface area (Å²) in [6.45, 7) is 3.21. The van der Waals surface area contributed by atoms with Crippen LogP contribution in [0, 0.1) is 0 Å². The highest BCUT2D eigenvalue weighted by Crippen LogP contribution is 2.22. The fourth-order valence-electron chi connectivity index (χ4n) is 2.02. The summed E-state index contributed by atoms with van der Waals surface area (Å²) < 4.78 is 10.7. The highest BCUT2D eigenvalue weighted by atomic mass is 16.5. The van der Waals surface area contributed by atoms with E-state index in [0.29, 0.717) is 24.6 Å². The van der Waals surface area contributed by atoms with Crippen LogP contribution >= 0.6 is 0 Å². The van der Waals surface area contributed by atoms with E-state index in [1.165, 1.54) is 0 Å². The summed E-state index contributed by atoms with van der Waals surface area (Å²) in [5.74, 6) is 1.47. The second kappa shape index (κ2) is 8.68. The van der Waals surface area contributed by atoms with Gasteiger partial charge in [-0.15, -0.1) is 0 Å². The molecule has 0 aromatic heterocycles. The smallest absolute Gasteiger partial charge is 0.319 e. The third-order valence-corrected chi connectivity index (χ3v) is 3.20. The van der Waals surface area contributed by atoms with E-state index < -0.39 is 0 Å². The minimum absolute atomic E-state index is 0.277. The van der Waals surface area contributed by atoms with Crippen LogP contribution in [0.3, 0.4) is 0 Å². The topological polar surface area (TPSA) is 59.6 Å². The van der Waals surface area contributed by atoms with Crippen molar-refractivity contribution in [2.45, 2.75) is 19.9 Å². The first kappa shape index (κ1) is 16.7. The molecule has 5 nitrogen and oxygen atoms in total. The Morgan fingerprint density at radius 3 is 2.52 bits per heavy atom. The van der Waals surface area contributed by atoms with Gasteiger partial charge in [-0.1, -0.05) is 31.2 Å². The van der Waals surface area contributed by atoms with E-state index >= 15 is 0 Å². The van der Waals surface area contributed by atoms with E-state index in [1.807, 2.05) is 36.4 Å². The molecule has 0 bridgehead atoms. The molecule has 0 radical (unpaired) electrons. The van der Waals surface area contributed by atoms with Crippen LogP contribution < -0.4 is 20.1 Å². The lowest BCUT2D eigenvalue weighted by molar-refractivity contribution is 0.251. The number of methoxy groups -OCH3 is 1. The number of nitrogens with one attached hydrogen (secondary N) is 2. The minimum atomic E-state index is -0.277. The summed E-state index contributed by atoms with van der Waals surface area (Å²) in [7, 11) is 1.57. The summed E-state index contributed by atoms with van der Waals surface area (Å²) in [6.07, 6.45) is 0.979. The second-order valence-electron chi connectivity index (χ2n) is 5.00. The van der Waals surface area contributed by atoms with Crippen LogP contribution in [0.5, 0.6) is 11.5 Å². The predicted octanol–water partition coefficient (Wildman–Crippen LogP) is 3.81. The maximum absolute atomic E-state index is 12.0. The molecule has 0 heterocycles. The van der Waals surface area contributed by atoms with Crippen LogP contribution in [0.15, 0.2) is 48.5 Å². The number of carbonyl (C=O) groups excluding carboxylic acids is 1. The SMILES string of the molecule is CCCOc1ccc(CNC(=O)Nc2ccccc2OC)cc1. The molecule has 2 aromatic carbocycles. The average molecular weight is 314 g/mol. The fraction of sp³-hybridized carbons (Fsp3) is 0.278. The van der Waals surface area contributed by atoms with Gasteiger partial charge in [-0.25, -0.2) is 4.79 Å². The second-order valence-corrected chi connectivity index (χ2v) is 5.00. The molecule has 122 valence electrons. The Labute approximate surface area is 136 Å². The third-order valence-electron chi connectivity index (χ3n) is 3.20. The number of benzene rings is 2. The lowest BCUT2D eigenvalue weighted by Crippen LogP contribution is -2.28. The summed E-state index contributed by atoms with van der Waals surface area (Å²) in [5.41, 5.74) is 1.64. The van der Waals surface area contributed by atoms with Crippen molar-refractivity contribution in [1.82, 2.24) is 5.32 Å². The molecule has 0 unspecified atom stereocenters. The maximum atomic E-state index is 12.0. The number of para-hydroxylation sites is 2. The van der Waals surface area contributed by atoms with Gasteiger partial charge in [-0.2, -0.15) is 0 Å². The molecular weight excluding hydrogens is 292 g/mol. The van der Waals surface area contributed by atoms with Crippen molar-refractivity contribution in [3.63, 3.8) is 0 Å². The molecule has 2 amide bonds. The normalized spacial score (nSPS) is 10.0. The van der Waals surface area contributed by atoms with Gasteiger partial charge in [0.05, 0.1) is 19.4 Å². The molecule has 0 fully saturated rings. The number of carbonyl (C=O) groups is 1. The molecule has 23 heavy (non-hydrogen) atoms. The van der Waals surface area contributed by atoms with Gasteiger partial charge in [0, 0.05) is 6.54 Å². The van der Waals surface area contributed by atoms with Crippen LogP contribution in [0.2, 0.25) is 0 Å². The summed E-state index contributed by atoms with van der Waals surface area (Å²) >= 11 is 0. The molecule has 0 spiro atoms. The first-order valence-corrected chi connectivity index (χ1v) is 7.62. The number of ether oxygens (including phenoxy) is 2.